The Kier molecular flexibility index (Phi) is 4.48. The molecule has 2 fully saturated rings. The van der Waals surface area contributed by atoms with Crippen LogP contribution in [0.4, 0.5) is 0 Å². The van der Waals surface area contributed by atoms with Crippen molar-refractivity contribution in [3.05, 3.63) is 0 Å². The zero-order chi connectivity index (χ0) is 12.4. The lowest BCUT2D eigenvalue weighted by Gasteiger charge is -2.30. The highest BCUT2D eigenvalue weighted by atomic mass is 15.1. The van der Waals surface area contributed by atoms with Gasteiger partial charge in [0, 0.05) is 6.54 Å². The summed E-state index contributed by atoms with van der Waals surface area (Å²) >= 11 is 0. The van der Waals surface area contributed by atoms with Gasteiger partial charge < -0.3 is 9.80 Å². The molecule has 0 aliphatic heterocycles. The van der Waals surface area contributed by atoms with Gasteiger partial charge in [0.2, 0.25) is 0 Å². The van der Waals surface area contributed by atoms with E-state index in [2.05, 4.69) is 38.0 Å². The van der Waals surface area contributed by atoms with Gasteiger partial charge in [-0.2, -0.15) is 0 Å². The van der Waals surface area contributed by atoms with Crippen molar-refractivity contribution in [1.29, 1.82) is 0 Å². The summed E-state index contributed by atoms with van der Waals surface area (Å²) in [5.74, 6) is 4.22. The van der Waals surface area contributed by atoms with Gasteiger partial charge in [-0.1, -0.05) is 0 Å². The topological polar surface area (TPSA) is 6.48 Å². The van der Waals surface area contributed by atoms with Crippen molar-refractivity contribution in [3.63, 3.8) is 0 Å². The molecule has 0 N–H and O–H groups in total. The quantitative estimate of drug-likeness (QED) is 0.702. The molecule has 17 heavy (non-hydrogen) atoms. The molecule has 0 aromatic heterocycles. The summed E-state index contributed by atoms with van der Waals surface area (Å²) in [6.45, 7) is 2.60. The zero-order valence-corrected chi connectivity index (χ0v) is 12.2. The zero-order valence-electron chi connectivity index (χ0n) is 12.2. The Balaban J connectivity index is 1.70. The molecule has 2 aliphatic carbocycles. The first kappa shape index (κ1) is 13.4. The van der Waals surface area contributed by atoms with Crippen molar-refractivity contribution < 1.29 is 0 Å². The minimum absolute atomic E-state index is 1.01. The van der Waals surface area contributed by atoms with Gasteiger partial charge in [-0.25, -0.2) is 0 Å². The summed E-state index contributed by atoms with van der Waals surface area (Å²) in [6.07, 6.45) is 7.49. The molecule has 100 valence electrons. The van der Waals surface area contributed by atoms with Gasteiger partial charge in [-0.05, 0) is 90.5 Å². The van der Waals surface area contributed by atoms with E-state index in [1.165, 1.54) is 38.8 Å². The first-order chi connectivity index (χ1) is 8.06. The van der Waals surface area contributed by atoms with Crippen LogP contribution in [-0.2, 0) is 0 Å². The van der Waals surface area contributed by atoms with Crippen molar-refractivity contribution in [1.82, 2.24) is 9.80 Å². The van der Waals surface area contributed by atoms with Crippen LogP contribution in [0.1, 0.15) is 32.1 Å². The molecule has 2 heteroatoms. The van der Waals surface area contributed by atoms with Crippen molar-refractivity contribution >= 4 is 0 Å². The summed E-state index contributed by atoms with van der Waals surface area (Å²) in [5.41, 5.74) is 0. The van der Waals surface area contributed by atoms with Crippen molar-refractivity contribution in [2.75, 3.05) is 41.3 Å². The molecule has 0 spiro atoms. The number of nitrogens with zero attached hydrogens (tertiary/aromatic N) is 2. The van der Waals surface area contributed by atoms with Crippen LogP contribution in [0.5, 0.6) is 0 Å². The average molecular weight is 238 g/mol. The molecule has 2 bridgehead atoms. The highest BCUT2D eigenvalue weighted by molar-refractivity contribution is 4.95. The maximum Gasteiger partial charge on any atom is 0.000631 e. The maximum atomic E-state index is 2.38. The monoisotopic (exact) mass is 238 g/mol. The fourth-order valence-corrected chi connectivity index (χ4v) is 4.23. The Bertz CT molecular complexity index is 237. The van der Waals surface area contributed by atoms with Gasteiger partial charge in [-0.15, -0.1) is 0 Å². The van der Waals surface area contributed by atoms with E-state index in [0.717, 1.165) is 23.7 Å². The standard InChI is InChI=1S/C15H30N2/c1-16(2)7-5-6-12-8-14-9-13(12)10-15(14)11-17(3)4/h12-15H,5-11H2,1-4H3. The van der Waals surface area contributed by atoms with E-state index in [0.29, 0.717) is 0 Å². The van der Waals surface area contributed by atoms with Crippen molar-refractivity contribution in [3.8, 4) is 0 Å². The van der Waals surface area contributed by atoms with Crippen LogP contribution >= 0.6 is 0 Å². The third kappa shape index (κ3) is 3.45. The smallest absolute Gasteiger partial charge is 0.000631 e. The summed E-state index contributed by atoms with van der Waals surface area (Å²) < 4.78 is 0. The van der Waals surface area contributed by atoms with Gasteiger partial charge >= 0.3 is 0 Å². The van der Waals surface area contributed by atoms with E-state index in [-0.39, 0.29) is 0 Å². The molecule has 4 unspecified atom stereocenters. The van der Waals surface area contributed by atoms with Crippen LogP contribution in [0.3, 0.4) is 0 Å². The van der Waals surface area contributed by atoms with E-state index in [4.69, 9.17) is 0 Å². The number of hydrogen-bond donors (Lipinski definition) is 0. The largest absolute Gasteiger partial charge is 0.309 e. The van der Waals surface area contributed by atoms with Crippen molar-refractivity contribution in [2.45, 2.75) is 32.1 Å². The van der Waals surface area contributed by atoms with Gasteiger partial charge in [-0.3, -0.25) is 0 Å². The summed E-state index contributed by atoms with van der Waals surface area (Å²) in [4.78, 5) is 4.70. The van der Waals surface area contributed by atoms with E-state index in [1.807, 2.05) is 0 Å². The predicted molar refractivity (Wildman–Crippen MR) is 74.2 cm³/mol. The fraction of sp³-hybridized carbons (Fsp3) is 1.00. The Morgan fingerprint density at radius 3 is 2.00 bits per heavy atom. The minimum atomic E-state index is 1.01. The Morgan fingerprint density at radius 2 is 1.47 bits per heavy atom. The Hall–Kier alpha value is -0.0800. The summed E-state index contributed by atoms with van der Waals surface area (Å²) in [6, 6.07) is 0. The highest BCUT2D eigenvalue weighted by Gasteiger charge is 2.44. The second kappa shape index (κ2) is 5.71. The molecule has 0 radical (unpaired) electrons. The lowest BCUT2D eigenvalue weighted by Crippen LogP contribution is -2.28. The lowest BCUT2D eigenvalue weighted by molar-refractivity contribution is 0.198. The lowest BCUT2D eigenvalue weighted by atomic mass is 9.80. The second-order valence-corrected chi connectivity index (χ2v) is 6.96. The van der Waals surface area contributed by atoms with Gasteiger partial charge in [0.1, 0.15) is 0 Å². The average Bonchev–Trinajstić information content (AvgIpc) is 2.75. The molecule has 2 nitrogen and oxygen atoms in total. The normalized spacial score (nSPS) is 36.4. The third-order valence-electron chi connectivity index (χ3n) is 4.93. The van der Waals surface area contributed by atoms with E-state index in [1.54, 1.807) is 6.42 Å². The molecule has 0 aromatic rings. The Morgan fingerprint density at radius 1 is 0.824 bits per heavy atom. The maximum absolute atomic E-state index is 2.38. The third-order valence-corrected chi connectivity index (χ3v) is 4.93. The molecule has 0 amide bonds. The van der Waals surface area contributed by atoms with Gasteiger partial charge in [0.05, 0.1) is 0 Å². The van der Waals surface area contributed by atoms with Crippen molar-refractivity contribution in [2.24, 2.45) is 23.7 Å². The predicted octanol–water partition coefficient (Wildman–Crippen LogP) is 2.55. The van der Waals surface area contributed by atoms with Gasteiger partial charge in [0.25, 0.3) is 0 Å². The van der Waals surface area contributed by atoms with Crippen LogP contribution < -0.4 is 0 Å². The second-order valence-electron chi connectivity index (χ2n) is 6.96. The highest BCUT2D eigenvalue weighted by Crippen LogP contribution is 2.53. The number of fused-ring (bicyclic) bond motifs is 2. The van der Waals surface area contributed by atoms with E-state index in [9.17, 15) is 0 Å². The SMILES string of the molecule is CN(C)CCCC1CC2CC1CC2CN(C)C. The molecule has 2 saturated carbocycles. The molecule has 0 heterocycles. The molecule has 2 aliphatic rings. The summed E-state index contributed by atoms with van der Waals surface area (Å²) in [5, 5.41) is 0. The molecular formula is C15H30N2. The number of rotatable bonds is 6. The van der Waals surface area contributed by atoms with Crippen LogP contribution in [0.2, 0.25) is 0 Å². The van der Waals surface area contributed by atoms with Crippen LogP contribution in [0.15, 0.2) is 0 Å². The number of hydrogen-bond acceptors (Lipinski definition) is 2. The fourth-order valence-electron chi connectivity index (χ4n) is 4.23. The van der Waals surface area contributed by atoms with Crippen LogP contribution in [0.25, 0.3) is 0 Å². The van der Waals surface area contributed by atoms with Crippen LogP contribution in [-0.4, -0.2) is 51.1 Å². The first-order valence-electron chi connectivity index (χ1n) is 7.35. The Labute approximate surface area is 107 Å². The first-order valence-corrected chi connectivity index (χ1v) is 7.35. The molecule has 4 atom stereocenters. The van der Waals surface area contributed by atoms with E-state index >= 15 is 0 Å². The summed E-state index contributed by atoms with van der Waals surface area (Å²) in [7, 11) is 8.82. The minimum Gasteiger partial charge on any atom is -0.309 e. The molecular weight excluding hydrogens is 208 g/mol. The van der Waals surface area contributed by atoms with Gasteiger partial charge in [0.15, 0.2) is 0 Å². The molecule has 0 aromatic carbocycles. The molecule has 0 saturated heterocycles. The van der Waals surface area contributed by atoms with E-state index < -0.39 is 0 Å². The van der Waals surface area contributed by atoms with Crippen LogP contribution in [0, 0.1) is 23.7 Å². The molecule has 2 rings (SSSR count).